The van der Waals surface area contributed by atoms with E-state index in [1.807, 2.05) is 42.6 Å². The first-order valence-electron chi connectivity index (χ1n) is 7.57. The highest BCUT2D eigenvalue weighted by molar-refractivity contribution is 8.00. The number of ether oxygens (including phenoxy) is 2. The second-order valence-electron chi connectivity index (χ2n) is 5.25. The fourth-order valence-corrected chi connectivity index (χ4v) is 3.74. The molecule has 1 aromatic heterocycles. The summed E-state index contributed by atoms with van der Waals surface area (Å²) in [4.78, 5) is 14.3. The van der Waals surface area contributed by atoms with Gasteiger partial charge in [0.25, 0.3) is 0 Å². The summed E-state index contributed by atoms with van der Waals surface area (Å²) in [7, 11) is 0. The van der Waals surface area contributed by atoms with E-state index in [4.69, 9.17) is 9.47 Å². The van der Waals surface area contributed by atoms with Crippen molar-refractivity contribution in [2.75, 3.05) is 19.0 Å². The van der Waals surface area contributed by atoms with Crippen LogP contribution in [-0.2, 0) is 4.79 Å². The summed E-state index contributed by atoms with van der Waals surface area (Å²) >= 11 is 3.16. The van der Waals surface area contributed by atoms with Crippen LogP contribution in [0.1, 0.15) is 24.3 Å². The zero-order chi connectivity index (χ0) is 16.1. The molecular weight excluding hydrogens is 330 g/mol. The molecule has 2 heterocycles. The van der Waals surface area contributed by atoms with Crippen molar-refractivity contribution in [3.05, 3.63) is 40.6 Å². The minimum Gasteiger partial charge on any atom is -0.490 e. The number of hydrogen-bond donors (Lipinski definition) is 1. The lowest BCUT2D eigenvalue weighted by Crippen LogP contribution is -2.27. The fraction of sp³-hybridized carbons (Fsp3) is 0.353. The Bertz CT molecular complexity index is 658. The van der Waals surface area contributed by atoms with E-state index in [2.05, 4.69) is 5.32 Å². The van der Waals surface area contributed by atoms with Gasteiger partial charge in [-0.05, 0) is 36.6 Å². The minimum absolute atomic E-state index is 0.0306. The van der Waals surface area contributed by atoms with E-state index in [0.717, 1.165) is 22.8 Å². The highest BCUT2D eigenvalue weighted by Gasteiger charge is 2.13. The molecule has 6 heteroatoms. The summed E-state index contributed by atoms with van der Waals surface area (Å²) in [6.07, 6.45) is 0.889. The molecule has 1 aliphatic rings. The van der Waals surface area contributed by atoms with Gasteiger partial charge in [-0.25, -0.2) is 0 Å². The maximum Gasteiger partial charge on any atom is 0.230 e. The second-order valence-corrected chi connectivity index (χ2v) is 7.28. The van der Waals surface area contributed by atoms with E-state index in [9.17, 15) is 4.79 Å². The zero-order valence-corrected chi connectivity index (χ0v) is 14.5. The quantitative estimate of drug-likeness (QED) is 0.832. The average Bonchev–Trinajstić information content (AvgIpc) is 2.99. The second kappa shape index (κ2) is 7.75. The van der Waals surface area contributed by atoms with Gasteiger partial charge in [0.1, 0.15) is 0 Å². The van der Waals surface area contributed by atoms with Gasteiger partial charge < -0.3 is 14.8 Å². The van der Waals surface area contributed by atoms with Crippen LogP contribution in [0.5, 0.6) is 11.5 Å². The minimum atomic E-state index is 0.0306. The molecule has 0 spiro atoms. The van der Waals surface area contributed by atoms with E-state index in [-0.39, 0.29) is 11.9 Å². The van der Waals surface area contributed by atoms with Gasteiger partial charge in [-0.2, -0.15) is 0 Å². The van der Waals surface area contributed by atoms with Crippen LogP contribution in [0.15, 0.2) is 40.6 Å². The number of thioether (sulfide) groups is 1. The standard InChI is InChI=1S/C17H19NO3S2/c1-12(16-4-2-9-22-16)18-17(19)11-23-13-5-6-14-15(10-13)21-8-3-7-20-14/h2,4-6,9-10,12H,3,7-8,11H2,1H3,(H,18,19). The molecular formula is C17H19NO3S2. The van der Waals surface area contributed by atoms with Crippen LogP contribution in [0.2, 0.25) is 0 Å². The number of thiophene rings is 1. The molecule has 1 aliphatic heterocycles. The molecule has 0 saturated carbocycles. The Labute approximate surface area is 144 Å². The molecule has 3 rings (SSSR count). The third-order valence-corrected chi connectivity index (χ3v) is 5.49. The Balaban J connectivity index is 1.53. The molecule has 4 nitrogen and oxygen atoms in total. The molecule has 0 bridgehead atoms. The molecule has 1 amide bonds. The molecule has 0 aliphatic carbocycles. The molecule has 0 saturated heterocycles. The Hall–Kier alpha value is -1.66. The summed E-state index contributed by atoms with van der Waals surface area (Å²) in [5, 5.41) is 5.04. The molecule has 1 atom stereocenters. The van der Waals surface area contributed by atoms with Crippen molar-refractivity contribution in [3.8, 4) is 11.5 Å². The van der Waals surface area contributed by atoms with E-state index in [1.54, 1.807) is 11.3 Å². The predicted molar refractivity (Wildman–Crippen MR) is 93.6 cm³/mol. The number of benzene rings is 1. The van der Waals surface area contributed by atoms with Crippen molar-refractivity contribution in [3.63, 3.8) is 0 Å². The summed E-state index contributed by atoms with van der Waals surface area (Å²) < 4.78 is 11.3. The lowest BCUT2D eigenvalue weighted by Gasteiger charge is -2.12. The van der Waals surface area contributed by atoms with Crippen molar-refractivity contribution in [2.45, 2.75) is 24.3 Å². The molecule has 1 N–H and O–H groups in total. The molecule has 2 aromatic rings. The molecule has 0 radical (unpaired) electrons. The molecule has 1 aromatic carbocycles. The van der Waals surface area contributed by atoms with E-state index < -0.39 is 0 Å². The van der Waals surface area contributed by atoms with Gasteiger partial charge in [-0.3, -0.25) is 4.79 Å². The lowest BCUT2D eigenvalue weighted by atomic mass is 10.3. The summed E-state index contributed by atoms with van der Waals surface area (Å²) in [6.45, 7) is 3.35. The van der Waals surface area contributed by atoms with Crippen LogP contribution < -0.4 is 14.8 Å². The van der Waals surface area contributed by atoms with Crippen LogP contribution in [0.25, 0.3) is 0 Å². The molecule has 23 heavy (non-hydrogen) atoms. The Morgan fingerprint density at radius 2 is 2.13 bits per heavy atom. The maximum absolute atomic E-state index is 12.1. The third kappa shape index (κ3) is 4.42. The number of hydrogen-bond acceptors (Lipinski definition) is 5. The van der Waals surface area contributed by atoms with Crippen molar-refractivity contribution in [1.29, 1.82) is 0 Å². The summed E-state index contributed by atoms with van der Waals surface area (Å²) in [5.41, 5.74) is 0. The monoisotopic (exact) mass is 349 g/mol. The normalized spacial score (nSPS) is 14.8. The van der Waals surface area contributed by atoms with Crippen LogP contribution in [0, 0.1) is 0 Å². The van der Waals surface area contributed by atoms with Crippen molar-refractivity contribution < 1.29 is 14.3 Å². The van der Waals surface area contributed by atoms with Gasteiger partial charge >= 0.3 is 0 Å². The smallest absolute Gasteiger partial charge is 0.230 e. The third-order valence-electron chi connectivity index (χ3n) is 3.44. The van der Waals surface area contributed by atoms with Gasteiger partial charge in [0.05, 0.1) is 25.0 Å². The van der Waals surface area contributed by atoms with Crippen molar-refractivity contribution in [1.82, 2.24) is 5.32 Å². The van der Waals surface area contributed by atoms with E-state index >= 15 is 0 Å². The Morgan fingerprint density at radius 3 is 2.91 bits per heavy atom. The summed E-state index contributed by atoms with van der Waals surface area (Å²) in [6, 6.07) is 9.90. The Kier molecular flexibility index (Phi) is 5.46. The maximum atomic E-state index is 12.1. The van der Waals surface area contributed by atoms with E-state index in [0.29, 0.717) is 19.0 Å². The largest absolute Gasteiger partial charge is 0.490 e. The zero-order valence-electron chi connectivity index (χ0n) is 12.9. The van der Waals surface area contributed by atoms with E-state index in [1.165, 1.54) is 16.6 Å². The van der Waals surface area contributed by atoms with Crippen LogP contribution in [0.3, 0.4) is 0 Å². The predicted octanol–water partition coefficient (Wildman–Crippen LogP) is 3.88. The first-order valence-corrected chi connectivity index (χ1v) is 9.44. The molecule has 0 fully saturated rings. The van der Waals surface area contributed by atoms with Crippen molar-refractivity contribution >= 4 is 29.0 Å². The van der Waals surface area contributed by atoms with Crippen LogP contribution in [0.4, 0.5) is 0 Å². The molecule has 1 unspecified atom stereocenters. The lowest BCUT2D eigenvalue weighted by molar-refractivity contribution is -0.119. The average molecular weight is 349 g/mol. The number of amides is 1. The van der Waals surface area contributed by atoms with Gasteiger partial charge in [-0.15, -0.1) is 23.1 Å². The number of rotatable bonds is 5. The SMILES string of the molecule is CC(NC(=O)CSc1ccc2c(c1)OCCCO2)c1cccs1. The fourth-order valence-electron chi connectivity index (χ4n) is 2.27. The first-order chi connectivity index (χ1) is 11.2. The number of nitrogens with one attached hydrogen (secondary N) is 1. The summed E-state index contributed by atoms with van der Waals surface area (Å²) in [5.74, 6) is 1.96. The number of carbonyl (C=O) groups is 1. The van der Waals surface area contributed by atoms with Crippen molar-refractivity contribution in [2.24, 2.45) is 0 Å². The van der Waals surface area contributed by atoms with Gasteiger partial charge in [-0.1, -0.05) is 6.07 Å². The van der Waals surface area contributed by atoms with Gasteiger partial charge in [0.15, 0.2) is 11.5 Å². The molecule has 122 valence electrons. The van der Waals surface area contributed by atoms with Gasteiger partial charge in [0.2, 0.25) is 5.91 Å². The van der Waals surface area contributed by atoms with Crippen LogP contribution in [-0.4, -0.2) is 24.9 Å². The van der Waals surface area contributed by atoms with Gasteiger partial charge in [0, 0.05) is 16.2 Å². The highest BCUT2D eigenvalue weighted by Crippen LogP contribution is 2.33. The highest BCUT2D eigenvalue weighted by atomic mass is 32.2. The first kappa shape index (κ1) is 16.2. The number of fused-ring (bicyclic) bond motifs is 1. The van der Waals surface area contributed by atoms with Crippen LogP contribution >= 0.6 is 23.1 Å². The topological polar surface area (TPSA) is 47.6 Å². The Morgan fingerprint density at radius 1 is 1.30 bits per heavy atom. The number of carbonyl (C=O) groups excluding carboxylic acids is 1.